The summed E-state index contributed by atoms with van der Waals surface area (Å²) in [4.78, 5) is 22.5. The van der Waals surface area contributed by atoms with E-state index in [1.165, 1.54) is 0 Å². The van der Waals surface area contributed by atoms with Crippen LogP contribution in [-0.2, 0) is 9.59 Å². The molecule has 3 N–H and O–H groups in total. The van der Waals surface area contributed by atoms with Gasteiger partial charge in [0.1, 0.15) is 5.92 Å². The first-order valence-corrected chi connectivity index (χ1v) is 6.08. The van der Waals surface area contributed by atoms with Crippen LogP contribution in [0.5, 0.6) is 0 Å². The van der Waals surface area contributed by atoms with E-state index in [4.69, 9.17) is 10.8 Å². The smallest absolute Gasteiger partial charge is 0.314 e. The lowest BCUT2D eigenvalue weighted by molar-refractivity contribution is -0.145. The predicted molar refractivity (Wildman–Crippen MR) is 67.7 cm³/mol. The zero-order chi connectivity index (χ0) is 13.4. The number of aliphatic carboxylic acids is 1. The highest BCUT2D eigenvalue weighted by atomic mass is 16.4. The summed E-state index contributed by atoms with van der Waals surface area (Å²) in [5.74, 6) is -2.40. The van der Waals surface area contributed by atoms with Gasteiger partial charge in [0, 0.05) is 6.04 Å². The first-order valence-electron chi connectivity index (χ1n) is 6.08. The van der Waals surface area contributed by atoms with Crippen molar-refractivity contribution in [2.45, 2.75) is 52.0 Å². The van der Waals surface area contributed by atoms with Gasteiger partial charge in [-0.25, -0.2) is 0 Å². The monoisotopic (exact) mass is 241 g/mol. The number of allylic oxidation sites excluding steroid dienone is 1. The molecule has 0 spiro atoms. The normalized spacial score (nSPS) is 14.1. The maximum Gasteiger partial charge on any atom is 0.314 e. The number of carboxylic acids is 1. The summed E-state index contributed by atoms with van der Waals surface area (Å²) in [6.07, 6.45) is 3.73. The third-order valence-corrected chi connectivity index (χ3v) is 2.76. The number of carbonyl (C=O) groups excluding carboxylic acids is 1. The number of ketones is 1. The molecule has 17 heavy (non-hydrogen) atoms. The molecular weight excluding hydrogens is 218 g/mol. The van der Waals surface area contributed by atoms with Gasteiger partial charge in [-0.1, -0.05) is 26.3 Å². The molecule has 0 saturated heterocycles. The minimum Gasteiger partial charge on any atom is -0.481 e. The van der Waals surface area contributed by atoms with E-state index in [0.29, 0.717) is 18.4 Å². The first-order chi connectivity index (χ1) is 7.90. The van der Waals surface area contributed by atoms with Crippen LogP contribution in [0.1, 0.15) is 46.0 Å². The maximum absolute atomic E-state index is 11.6. The molecule has 98 valence electrons. The summed E-state index contributed by atoms with van der Waals surface area (Å²) in [7, 11) is 0. The molecule has 0 aromatic rings. The molecule has 4 heteroatoms. The lowest BCUT2D eigenvalue weighted by Gasteiger charge is -2.13. The summed E-state index contributed by atoms with van der Waals surface area (Å²) in [5, 5.41) is 8.97. The Kier molecular flexibility index (Phi) is 7.46. The molecule has 0 saturated carbocycles. The lowest BCUT2D eigenvalue weighted by atomic mass is 9.92. The van der Waals surface area contributed by atoms with Crippen molar-refractivity contribution in [2.75, 3.05) is 0 Å². The fourth-order valence-corrected chi connectivity index (χ4v) is 1.76. The number of Topliss-reactive ketones (excluding diaryl/α,β-unsaturated/α-hetero) is 1. The number of hydrogen-bond donors (Lipinski definition) is 2. The first kappa shape index (κ1) is 15.8. The van der Waals surface area contributed by atoms with E-state index in [1.807, 2.05) is 0 Å². The molecular formula is C13H23NO3. The van der Waals surface area contributed by atoms with Crippen molar-refractivity contribution < 1.29 is 14.7 Å². The van der Waals surface area contributed by atoms with Crippen molar-refractivity contribution in [1.29, 1.82) is 0 Å². The van der Waals surface area contributed by atoms with Gasteiger partial charge in [-0.05, 0) is 31.8 Å². The van der Waals surface area contributed by atoms with E-state index in [9.17, 15) is 9.59 Å². The zero-order valence-electron chi connectivity index (χ0n) is 10.7. The molecule has 0 amide bonds. The Balaban J connectivity index is 4.16. The molecule has 2 atom stereocenters. The molecule has 0 bridgehead atoms. The van der Waals surface area contributed by atoms with Crippen LogP contribution >= 0.6 is 0 Å². The molecule has 0 fully saturated rings. The van der Waals surface area contributed by atoms with Crippen molar-refractivity contribution in [3.63, 3.8) is 0 Å². The quantitative estimate of drug-likeness (QED) is 0.478. The minimum atomic E-state index is -1.07. The Morgan fingerprint density at radius 1 is 1.29 bits per heavy atom. The topological polar surface area (TPSA) is 80.4 Å². The predicted octanol–water partition coefficient (Wildman–Crippen LogP) is 2.13. The Morgan fingerprint density at radius 3 is 2.29 bits per heavy atom. The second kappa shape index (κ2) is 8.01. The average molecular weight is 241 g/mol. The summed E-state index contributed by atoms with van der Waals surface area (Å²) >= 11 is 0. The Bertz CT molecular complexity index is 286. The fourth-order valence-electron chi connectivity index (χ4n) is 1.76. The van der Waals surface area contributed by atoms with Crippen LogP contribution in [0, 0.1) is 5.92 Å². The zero-order valence-corrected chi connectivity index (χ0v) is 10.7. The van der Waals surface area contributed by atoms with Gasteiger partial charge >= 0.3 is 5.97 Å². The van der Waals surface area contributed by atoms with Crippen molar-refractivity contribution in [3.8, 4) is 0 Å². The Morgan fingerprint density at radius 2 is 1.88 bits per heavy atom. The SMILES string of the molecule is C=C(C)C(=O)C(CCCC(N)CCC)C(=O)O. The molecule has 4 nitrogen and oxygen atoms in total. The van der Waals surface area contributed by atoms with Crippen LogP contribution in [0.15, 0.2) is 12.2 Å². The molecule has 0 aliphatic carbocycles. The van der Waals surface area contributed by atoms with Gasteiger partial charge in [-0.2, -0.15) is 0 Å². The van der Waals surface area contributed by atoms with E-state index < -0.39 is 11.9 Å². The van der Waals surface area contributed by atoms with E-state index in [0.717, 1.165) is 19.3 Å². The van der Waals surface area contributed by atoms with E-state index >= 15 is 0 Å². The summed E-state index contributed by atoms with van der Waals surface area (Å²) in [5.41, 5.74) is 6.13. The van der Waals surface area contributed by atoms with E-state index in [2.05, 4.69) is 13.5 Å². The van der Waals surface area contributed by atoms with E-state index in [1.54, 1.807) is 6.92 Å². The highest BCUT2D eigenvalue weighted by molar-refractivity contribution is 6.07. The Labute approximate surface area is 103 Å². The highest BCUT2D eigenvalue weighted by Crippen LogP contribution is 2.15. The van der Waals surface area contributed by atoms with Crippen LogP contribution < -0.4 is 5.73 Å². The number of rotatable bonds is 9. The van der Waals surface area contributed by atoms with Gasteiger partial charge in [-0.15, -0.1) is 0 Å². The number of hydrogen-bond acceptors (Lipinski definition) is 3. The van der Waals surface area contributed by atoms with Crippen molar-refractivity contribution >= 4 is 11.8 Å². The maximum atomic E-state index is 11.6. The van der Waals surface area contributed by atoms with Crippen LogP contribution in [0.25, 0.3) is 0 Å². The second-order valence-electron chi connectivity index (χ2n) is 4.52. The Hall–Kier alpha value is -1.16. The standard InChI is InChI=1S/C13H23NO3/c1-4-6-10(14)7-5-8-11(13(16)17)12(15)9(2)3/h10-11H,2,4-8,14H2,1,3H3,(H,16,17). The van der Waals surface area contributed by atoms with Crippen LogP contribution in [-0.4, -0.2) is 22.9 Å². The van der Waals surface area contributed by atoms with Crippen molar-refractivity contribution in [3.05, 3.63) is 12.2 Å². The van der Waals surface area contributed by atoms with Gasteiger partial charge < -0.3 is 10.8 Å². The molecule has 0 rings (SSSR count). The summed E-state index contributed by atoms with van der Waals surface area (Å²) in [6, 6.07) is 0.106. The minimum absolute atomic E-state index is 0.106. The van der Waals surface area contributed by atoms with Crippen LogP contribution in [0.3, 0.4) is 0 Å². The summed E-state index contributed by atoms with van der Waals surface area (Å²) in [6.45, 7) is 7.10. The number of carbonyl (C=O) groups is 2. The number of nitrogens with two attached hydrogens (primary N) is 1. The molecule has 0 aliphatic rings. The molecule has 0 aromatic carbocycles. The second-order valence-corrected chi connectivity index (χ2v) is 4.52. The average Bonchev–Trinajstić information content (AvgIpc) is 2.23. The van der Waals surface area contributed by atoms with Gasteiger partial charge in [0.2, 0.25) is 0 Å². The summed E-state index contributed by atoms with van der Waals surface area (Å²) < 4.78 is 0. The molecule has 0 heterocycles. The molecule has 0 aromatic heterocycles. The van der Waals surface area contributed by atoms with Crippen LogP contribution in [0.2, 0.25) is 0 Å². The molecule has 0 aliphatic heterocycles. The van der Waals surface area contributed by atoms with E-state index in [-0.39, 0.29) is 11.8 Å². The van der Waals surface area contributed by atoms with Gasteiger partial charge in [-0.3, -0.25) is 9.59 Å². The fraction of sp³-hybridized carbons (Fsp3) is 0.692. The molecule has 0 radical (unpaired) electrons. The third kappa shape index (κ3) is 6.22. The highest BCUT2D eigenvalue weighted by Gasteiger charge is 2.25. The van der Waals surface area contributed by atoms with Crippen molar-refractivity contribution in [1.82, 2.24) is 0 Å². The van der Waals surface area contributed by atoms with Gasteiger partial charge in [0.05, 0.1) is 0 Å². The molecule has 2 unspecified atom stereocenters. The van der Waals surface area contributed by atoms with Crippen molar-refractivity contribution in [2.24, 2.45) is 11.7 Å². The van der Waals surface area contributed by atoms with Crippen LogP contribution in [0.4, 0.5) is 0 Å². The number of carboxylic acid groups (broad SMARTS) is 1. The largest absolute Gasteiger partial charge is 0.481 e. The third-order valence-electron chi connectivity index (χ3n) is 2.76. The van der Waals surface area contributed by atoms with Gasteiger partial charge in [0.15, 0.2) is 5.78 Å². The van der Waals surface area contributed by atoms with Gasteiger partial charge in [0.25, 0.3) is 0 Å². The lowest BCUT2D eigenvalue weighted by Crippen LogP contribution is -2.25.